The number of carbonyl (C=O) groups is 1. The molecule has 150 valence electrons. The van der Waals surface area contributed by atoms with E-state index < -0.39 is 6.10 Å². The second kappa shape index (κ2) is 8.09. The smallest absolute Gasteiger partial charge is 0.266 e. The van der Waals surface area contributed by atoms with Gasteiger partial charge in [-0.2, -0.15) is 5.10 Å². The fourth-order valence-corrected chi connectivity index (χ4v) is 3.80. The first-order valence-corrected chi connectivity index (χ1v) is 10.3. The van der Waals surface area contributed by atoms with Crippen molar-refractivity contribution in [2.75, 3.05) is 5.32 Å². The number of hydrogen-bond acceptors (Lipinski definition) is 3. The summed E-state index contributed by atoms with van der Waals surface area (Å²) in [5.74, 6) is 0.990. The van der Waals surface area contributed by atoms with Gasteiger partial charge >= 0.3 is 0 Å². The maximum Gasteiger partial charge on any atom is 0.266 e. The van der Waals surface area contributed by atoms with E-state index in [1.54, 1.807) is 35.9 Å². The molecule has 4 rings (SSSR count). The van der Waals surface area contributed by atoms with Crippen LogP contribution in [-0.2, 0) is 17.6 Å². The maximum absolute atomic E-state index is 12.7. The number of aryl methyl sites for hydroxylation is 3. The van der Waals surface area contributed by atoms with E-state index in [0.29, 0.717) is 27.3 Å². The van der Waals surface area contributed by atoms with E-state index in [-0.39, 0.29) is 5.91 Å². The zero-order chi connectivity index (χ0) is 20.5. The van der Waals surface area contributed by atoms with E-state index in [0.717, 1.165) is 18.5 Å². The summed E-state index contributed by atoms with van der Waals surface area (Å²) in [4.78, 5) is 12.7. The molecule has 1 atom stereocenters. The van der Waals surface area contributed by atoms with E-state index in [1.807, 2.05) is 19.1 Å². The summed E-state index contributed by atoms with van der Waals surface area (Å²) in [6.07, 6.45) is 2.69. The van der Waals surface area contributed by atoms with Gasteiger partial charge in [-0.3, -0.25) is 4.79 Å². The van der Waals surface area contributed by atoms with Crippen LogP contribution >= 0.6 is 23.2 Å². The van der Waals surface area contributed by atoms with Crippen LogP contribution in [0.2, 0.25) is 10.0 Å². The van der Waals surface area contributed by atoms with Crippen molar-refractivity contribution >= 4 is 34.9 Å². The lowest BCUT2D eigenvalue weighted by Gasteiger charge is -2.16. The second-order valence-electron chi connectivity index (χ2n) is 7.21. The van der Waals surface area contributed by atoms with Crippen LogP contribution in [0.15, 0.2) is 42.5 Å². The molecule has 29 heavy (non-hydrogen) atoms. The van der Waals surface area contributed by atoms with Gasteiger partial charge in [0.15, 0.2) is 6.10 Å². The van der Waals surface area contributed by atoms with Crippen molar-refractivity contribution < 1.29 is 9.53 Å². The quantitative estimate of drug-likeness (QED) is 0.591. The van der Waals surface area contributed by atoms with Gasteiger partial charge in [0, 0.05) is 6.07 Å². The second-order valence-corrected chi connectivity index (χ2v) is 8.03. The lowest BCUT2D eigenvalue weighted by molar-refractivity contribution is -0.122. The van der Waals surface area contributed by atoms with E-state index in [2.05, 4.69) is 16.5 Å². The van der Waals surface area contributed by atoms with Crippen molar-refractivity contribution in [1.29, 1.82) is 0 Å². The zero-order valence-corrected chi connectivity index (χ0v) is 17.7. The number of benzene rings is 2. The monoisotopic (exact) mass is 429 g/mol. The Morgan fingerprint density at radius 1 is 1.10 bits per heavy atom. The van der Waals surface area contributed by atoms with Gasteiger partial charge in [-0.1, -0.05) is 29.3 Å². The highest BCUT2D eigenvalue weighted by molar-refractivity contribution is 6.42. The fourth-order valence-electron chi connectivity index (χ4n) is 3.51. The highest BCUT2D eigenvalue weighted by Gasteiger charge is 2.19. The van der Waals surface area contributed by atoms with Crippen molar-refractivity contribution in [3.05, 3.63) is 69.3 Å². The van der Waals surface area contributed by atoms with Gasteiger partial charge in [0.25, 0.3) is 5.91 Å². The number of nitrogens with one attached hydrogen (secondary N) is 1. The minimum atomic E-state index is -0.660. The van der Waals surface area contributed by atoms with Crippen LogP contribution in [0, 0.1) is 6.92 Å². The summed E-state index contributed by atoms with van der Waals surface area (Å²) >= 11 is 12.1. The third-order valence-corrected chi connectivity index (χ3v) is 5.72. The highest BCUT2D eigenvalue weighted by atomic mass is 35.5. The van der Waals surface area contributed by atoms with Gasteiger partial charge in [0.2, 0.25) is 0 Å². The Morgan fingerprint density at radius 2 is 1.90 bits per heavy atom. The van der Waals surface area contributed by atoms with Gasteiger partial charge in [0.05, 0.1) is 21.4 Å². The van der Waals surface area contributed by atoms with Crippen molar-refractivity contribution in [2.24, 2.45) is 0 Å². The van der Waals surface area contributed by atoms with Crippen LogP contribution in [0.5, 0.6) is 5.75 Å². The van der Waals surface area contributed by atoms with Crippen molar-refractivity contribution in [2.45, 2.75) is 39.2 Å². The molecule has 2 aromatic carbocycles. The largest absolute Gasteiger partial charge is 0.481 e. The standard InChI is InChI=1S/C22H21Cl2N3O2/c1-13-10-21(27(26-13)17-7-9-19(23)20(24)12-17)25-22(28)14(2)29-18-8-6-15-4-3-5-16(15)11-18/h6-12,14H,3-5H2,1-2H3,(H,25,28). The van der Waals surface area contributed by atoms with Crippen LogP contribution in [-0.4, -0.2) is 21.8 Å². The Balaban J connectivity index is 1.50. The fraction of sp³-hybridized carbons (Fsp3) is 0.273. The molecular formula is C22H21Cl2N3O2. The summed E-state index contributed by atoms with van der Waals surface area (Å²) in [6, 6.07) is 13.0. The Kier molecular flexibility index (Phi) is 5.52. The summed E-state index contributed by atoms with van der Waals surface area (Å²) in [5.41, 5.74) is 4.15. The van der Waals surface area contributed by atoms with Gasteiger partial charge < -0.3 is 10.1 Å². The topological polar surface area (TPSA) is 56.1 Å². The molecule has 0 spiro atoms. The molecule has 5 nitrogen and oxygen atoms in total. The molecule has 0 saturated carbocycles. The summed E-state index contributed by atoms with van der Waals surface area (Å²) in [6.45, 7) is 3.59. The summed E-state index contributed by atoms with van der Waals surface area (Å²) in [7, 11) is 0. The average molecular weight is 430 g/mol. The van der Waals surface area contributed by atoms with Crippen molar-refractivity contribution in [3.63, 3.8) is 0 Å². The molecule has 1 unspecified atom stereocenters. The number of carbonyl (C=O) groups excluding carboxylic acids is 1. The molecule has 0 bridgehead atoms. The molecule has 1 aliphatic rings. The maximum atomic E-state index is 12.7. The molecular weight excluding hydrogens is 409 g/mol. The summed E-state index contributed by atoms with van der Waals surface area (Å²) in [5, 5.41) is 8.22. The Morgan fingerprint density at radius 3 is 2.69 bits per heavy atom. The number of fused-ring (bicyclic) bond motifs is 1. The Labute approximate surface area is 179 Å². The predicted octanol–water partition coefficient (Wildman–Crippen LogP) is 5.38. The Bertz CT molecular complexity index is 1080. The summed E-state index contributed by atoms with van der Waals surface area (Å²) < 4.78 is 7.50. The molecule has 1 N–H and O–H groups in total. The predicted molar refractivity (Wildman–Crippen MR) is 116 cm³/mol. The van der Waals surface area contributed by atoms with Crippen LogP contribution in [0.25, 0.3) is 5.69 Å². The number of aromatic nitrogens is 2. The van der Waals surface area contributed by atoms with E-state index >= 15 is 0 Å². The van der Waals surface area contributed by atoms with Crippen molar-refractivity contribution in [1.82, 2.24) is 9.78 Å². The van der Waals surface area contributed by atoms with E-state index in [1.165, 1.54) is 17.5 Å². The molecule has 1 aliphatic carbocycles. The normalized spacial score (nSPS) is 13.8. The van der Waals surface area contributed by atoms with E-state index in [4.69, 9.17) is 27.9 Å². The van der Waals surface area contributed by atoms with Gasteiger partial charge in [-0.15, -0.1) is 0 Å². The third-order valence-electron chi connectivity index (χ3n) is 4.98. The number of rotatable bonds is 5. The van der Waals surface area contributed by atoms with Gasteiger partial charge in [-0.25, -0.2) is 4.68 Å². The lowest BCUT2D eigenvalue weighted by Crippen LogP contribution is -2.31. The zero-order valence-electron chi connectivity index (χ0n) is 16.2. The minimum Gasteiger partial charge on any atom is -0.481 e. The molecule has 3 aromatic rings. The molecule has 1 amide bonds. The van der Waals surface area contributed by atoms with Crippen LogP contribution in [0.3, 0.4) is 0 Å². The van der Waals surface area contributed by atoms with Gasteiger partial charge in [-0.05, 0) is 74.6 Å². The third kappa shape index (κ3) is 4.26. The highest BCUT2D eigenvalue weighted by Crippen LogP contribution is 2.28. The number of hydrogen-bond donors (Lipinski definition) is 1. The molecule has 0 saturated heterocycles. The first kappa shape index (κ1) is 19.8. The van der Waals surface area contributed by atoms with Crippen LogP contribution < -0.4 is 10.1 Å². The molecule has 0 fully saturated rings. The molecule has 0 radical (unpaired) electrons. The molecule has 1 aromatic heterocycles. The van der Waals surface area contributed by atoms with Crippen LogP contribution in [0.1, 0.15) is 30.2 Å². The average Bonchev–Trinajstić information content (AvgIpc) is 3.29. The molecule has 0 aliphatic heterocycles. The number of anilines is 1. The minimum absolute atomic E-state index is 0.258. The first-order chi connectivity index (χ1) is 13.9. The Hall–Kier alpha value is -2.50. The lowest BCUT2D eigenvalue weighted by atomic mass is 10.1. The molecule has 1 heterocycles. The van der Waals surface area contributed by atoms with Crippen molar-refractivity contribution in [3.8, 4) is 11.4 Å². The number of amides is 1. The SMILES string of the molecule is Cc1cc(NC(=O)C(C)Oc2ccc3c(c2)CCC3)n(-c2ccc(Cl)c(Cl)c2)n1. The number of ether oxygens (including phenoxy) is 1. The van der Waals surface area contributed by atoms with E-state index in [9.17, 15) is 4.79 Å². The number of halogens is 2. The first-order valence-electron chi connectivity index (χ1n) is 9.52. The molecule has 7 heteroatoms. The number of nitrogens with zero attached hydrogens (tertiary/aromatic N) is 2. The van der Waals surface area contributed by atoms with Crippen LogP contribution in [0.4, 0.5) is 5.82 Å². The van der Waals surface area contributed by atoms with Gasteiger partial charge in [0.1, 0.15) is 11.6 Å².